The predicted molar refractivity (Wildman–Crippen MR) is 72.6 cm³/mol. The van der Waals surface area contributed by atoms with Crippen LogP contribution in [0.1, 0.15) is 52.4 Å². The third-order valence-corrected chi connectivity index (χ3v) is 4.99. The van der Waals surface area contributed by atoms with Crippen molar-refractivity contribution in [3.63, 3.8) is 0 Å². The quantitative estimate of drug-likeness (QED) is 0.804. The highest BCUT2D eigenvalue weighted by atomic mass is 16.4. The van der Waals surface area contributed by atoms with Crippen LogP contribution in [-0.2, 0) is 9.59 Å². The summed E-state index contributed by atoms with van der Waals surface area (Å²) in [5, 5.41) is 11.9. The molecule has 19 heavy (non-hydrogen) atoms. The third kappa shape index (κ3) is 3.28. The molecule has 4 nitrogen and oxygen atoms in total. The Hall–Kier alpha value is -1.06. The molecule has 108 valence electrons. The van der Waals surface area contributed by atoms with E-state index in [2.05, 4.69) is 19.2 Å². The van der Waals surface area contributed by atoms with Crippen LogP contribution in [0.5, 0.6) is 0 Å². The molecular formula is C15H25NO3. The summed E-state index contributed by atoms with van der Waals surface area (Å²) < 4.78 is 0. The van der Waals surface area contributed by atoms with E-state index in [-0.39, 0.29) is 11.8 Å². The van der Waals surface area contributed by atoms with Gasteiger partial charge in [-0.3, -0.25) is 9.59 Å². The van der Waals surface area contributed by atoms with Crippen LogP contribution in [0.25, 0.3) is 0 Å². The van der Waals surface area contributed by atoms with Crippen molar-refractivity contribution >= 4 is 11.9 Å². The van der Waals surface area contributed by atoms with E-state index in [1.807, 2.05) is 0 Å². The summed E-state index contributed by atoms with van der Waals surface area (Å²) in [6.45, 7) is 4.80. The van der Waals surface area contributed by atoms with Crippen molar-refractivity contribution in [1.82, 2.24) is 5.32 Å². The lowest BCUT2D eigenvalue weighted by Gasteiger charge is -2.30. The van der Waals surface area contributed by atoms with Gasteiger partial charge in [0.15, 0.2) is 0 Å². The van der Waals surface area contributed by atoms with Gasteiger partial charge in [-0.25, -0.2) is 0 Å². The van der Waals surface area contributed by atoms with Crippen LogP contribution in [0.15, 0.2) is 0 Å². The summed E-state index contributed by atoms with van der Waals surface area (Å²) in [5.74, 6) is 0.842. The normalized spacial score (nSPS) is 29.0. The Labute approximate surface area is 115 Å². The van der Waals surface area contributed by atoms with Gasteiger partial charge >= 0.3 is 5.97 Å². The van der Waals surface area contributed by atoms with Crippen LogP contribution in [0.4, 0.5) is 0 Å². The maximum Gasteiger partial charge on any atom is 0.311 e. The van der Waals surface area contributed by atoms with Gasteiger partial charge in [-0.1, -0.05) is 13.8 Å². The molecule has 0 saturated heterocycles. The van der Waals surface area contributed by atoms with E-state index < -0.39 is 11.4 Å². The second-order valence-corrected chi connectivity index (χ2v) is 6.66. The molecule has 4 heteroatoms. The molecule has 0 aromatic carbocycles. The fraction of sp³-hybridized carbons (Fsp3) is 0.867. The topological polar surface area (TPSA) is 66.4 Å². The second kappa shape index (κ2) is 5.51. The lowest BCUT2D eigenvalue weighted by Crippen LogP contribution is -2.39. The number of carbonyl (C=O) groups excluding carboxylic acids is 1. The number of carboxylic acids is 1. The summed E-state index contributed by atoms with van der Waals surface area (Å²) in [6, 6.07) is 0. The van der Waals surface area contributed by atoms with Crippen LogP contribution >= 0.6 is 0 Å². The Morgan fingerprint density at radius 2 is 1.79 bits per heavy atom. The SMILES string of the molecule is CC(C)C1CCC(C(=O)NCC2(C(=O)O)CC2)CC1. The van der Waals surface area contributed by atoms with Gasteiger partial charge in [0, 0.05) is 12.5 Å². The number of nitrogens with one attached hydrogen (secondary N) is 1. The number of rotatable bonds is 5. The first kappa shape index (κ1) is 14.4. The molecule has 2 aliphatic carbocycles. The maximum absolute atomic E-state index is 12.1. The Kier molecular flexibility index (Phi) is 4.16. The molecule has 0 heterocycles. The minimum Gasteiger partial charge on any atom is -0.481 e. The standard InChI is InChI=1S/C15H25NO3/c1-10(2)11-3-5-12(6-4-11)13(17)16-9-15(7-8-15)14(18)19/h10-12H,3-9H2,1-2H3,(H,16,17)(H,18,19). The molecule has 0 radical (unpaired) electrons. The fourth-order valence-corrected chi connectivity index (χ4v) is 3.07. The molecule has 2 aliphatic rings. The lowest BCUT2D eigenvalue weighted by atomic mass is 9.76. The monoisotopic (exact) mass is 267 g/mol. The number of aliphatic carboxylic acids is 1. The van der Waals surface area contributed by atoms with Gasteiger partial charge in [0.1, 0.15) is 0 Å². The van der Waals surface area contributed by atoms with Crippen molar-refractivity contribution in [2.45, 2.75) is 52.4 Å². The Balaban J connectivity index is 1.74. The summed E-state index contributed by atoms with van der Waals surface area (Å²) in [5.41, 5.74) is -0.648. The summed E-state index contributed by atoms with van der Waals surface area (Å²) >= 11 is 0. The molecule has 0 unspecified atom stereocenters. The van der Waals surface area contributed by atoms with Crippen molar-refractivity contribution in [2.24, 2.45) is 23.2 Å². The second-order valence-electron chi connectivity index (χ2n) is 6.66. The highest BCUT2D eigenvalue weighted by Crippen LogP contribution is 2.45. The predicted octanol–water partition coefficient (Wildman–Crippen LogP) is 2.43. The number of hydrogen-bond donors (Lipinski definition) is 2. The average Bonchev–Trinajstić information content (AvgIpc) is 3.17. The molecule has 2 N–H and O–H groups in total. The first-order chi connectivity index (χ1) is 8.94. The van der Waals surface area contributed by atoms with Gasteiger partial charge in [0.2, 0.25) is 5.91 Å². The molecule has 0 spiro atoms. The number of amides is 1. The lowest BCUT2D eigenvalue weighted by molar-refractivity contribution is -0.143. The van der Waals surface area contributed by atoms with E-state index in [4.69, 9.17) is 5.11 Å². The maximum atomic E-state index is 12.1. The molecule has 0 aromatic heterocycles. The van der Waals surface area contributed by atoms with Gasteiger partial charge in [0.05, 0.1) is 5.41 Å². The van der Waals surface area contributed by atoms with Crippen LogP contribution in [-0.4, -0.2) is 23.5 Å². The summed E-state index contributed by atoms with van der Waals surface area (Å²) in [6.07, 6.45) is 5.55. The number of carboxylic acid groups (broad SMARTS) is 1. The Morgan fingerprint density at radius 3 is 2.21 bits per heavy atom. The van der Waals surface area contributed by atoms with E-state index in [9.17, 15) is 9.59 Å². The zero-order valence-electron chi connectivity index (χ0n) is 11.9. The van der Waals surface area contributed by atoms with Crippen LogP contribution < -0.4 is 5.32 Å². The van der Waals surface area contributed by atoms with E-state index in [0.717, 1.165) is 31.6 Å². The third-order valence-electron chi connectivity index (χ3n) is 4.99. The zero-order chi connectivity index (χ0) is 14.0. The van der Waals surface area contributed by atoms with Gasteiger partial charge in [-0.15, -0.1) is 0 Å². The Morgan fingerprint density at radius 1 is 1.21 bits per heavy atom. The molecule has 1 amide bonds. The average molecular weight is 267 g/mol. The number of carbonyl (C=O) groups is 2. The molecule has 2 rings (SSSR count). The fourth-order valence-electron chi connectivity index (χ4n) is 3.07. The highest BCUT2D eigenvalue weighted by molar-refractivity contribution is 5.82. The molecule has 2 saturated carbocycles. The molecule has 0 bridgehead atoms. The number of hydrogen-bond acceptors (Lipinski definition) is 2. The minimum atomic E-state index is -0.767. The van der Waals surface area contributed by atoms with E-state index in [1.54, 1.807) is 0 Å². The van der Waals surface area contributed by atoms with Crippen LogP contribution in [0.2, 0.25) is 0 Å². The van der Waals surface area contributed by atoms with Crippen molar-refractivity contribution in [2.75, 3.05) is 6.54 Å². The largest absolute Gasteiger partial charge is 0.481 e. The summed E-state index contributed by atoms with van der Waals surface area (Å²) in [7, 11) is 0. The first-order valence-electron chi connectivity index (χ1n) is 7.46. The zero-order valence-corrected chi connectivity index (χ0v) is 11.9. The highest BCUT2D eigenvalue weighted by Gasteiger charge is 2.50. The van der Waals surface area contributed by atoms with E-state index in [0.29, 0.717) is 25.3 Å². The van der Waals surface area contributed by atoms with Crippen LogP contribution in [0.3, 0.4) is 0 Å². The van der Waals surface area contributed by atoms with Crippen molar-refractivity contribution in [1.29, 1.82) is 0 Å². The van der Waals surface area contributed by atoms with Crippen molar-refractivity contribution in [3.8, 4) is 0 Å². The van der Waals surface area contributed by atoms with Crippen molar-refractivity contribution in [3.05, 3.63) is 0 Å². The van der Waals surface area contributed by atoms with Gasteiger partial charge in [0.25, 0.3) is 0 Å². The van der Waals surface area contributed by atoms with Crippen LogP contribution in [0, 0.1) is 23.2 Å². The van der Waals surface area contributed by atoms with Crippen molar-refractivity contribution < 1.29 is 14.7 Å². The first-order valence-corrected chi connectivity index (χ1v) is 7.46. The van der Waals surface area contributed by atoms with Gasteiger partial charge in [-0.2, -0.15) is 0 Å². The van der Waals surface area contributed by atoms with Gasteiger partial charge in [-0.05, 0) is 50.4 Å². The summed E-state index contributed by atoms with van der Waals surface area (Å²) in [4.78, 5) is 23.1. The van der Waals surface area contributed by atoms with E-state index in [1.165, 1.54) is 0 Å². The molecule has 2 fully saturated rings. The minimum absolute atomic E-state index is 0.0646. The van der Waals surface area contributed by atoms with E-state index >= 15 is 0 Å². The molecule has 0 aliphatic heterocycles. The smallest absolute Gasteiger partial charge is 0.311 e. The molecular weight excluding hydrogens is 242 g/mol. The molecule has 0 aromatic rings. The molecule has 0 atom stereocenters. The Bertz CT molecular complexity index is 352. The van der Waals surface area contributed by atoms with Gasteiger partial charge < -0.3 is 10.4 Å².